The van der Waals surface area contributed by atoms with Gasteiger partial charge in [-0.1, -0.05) is 18.2 Å². The lowest BCUT2D eigenvalue weighted by molar-refractivity contribution is -0.280. The van der Waals surface area contributed by atoms with Crippen molar-refractivity contribution in [2.45, 2.75) is 24.3 Å². The van der Waals surface area contributed by atoms with E-state index in [1.807, 2.05) is 0 Å². The summed E-state index contributed by atoms with van der Waals surface area (Å²) in [7, 11) is 0. The topological polar surface area (TPSA) is 116 Å². The van der Waals surface area contributed by atoms with E-state index in [2.05, 4.69) is 0 Å². The van der Waals surface area contributed by atoms with Crippen molar-refractivity contribution in [2.75, 3.05) is 6.61 Å². The van der Waals surface area contributed by atoms with Gasteiger partial charge in [0.1, 0.15) is 12.2 Å². The third kappa shape index (κ3) is 2.60. The van der Waals surface area contributed by atoms with Crippen molar-refractivity contribution in [3.63, 3.8) is 0 Å². The average Bonchev–Trinajstić information content (AvgIpc) is 2.63. The number of benzene rings is 1. The molecule has 3 atom stereocenters. The molecule has 1 saturated heterocycles. The van der Waals surface area contributed by atoms with Crippen molar-refractivity contribution < 1.29 is 34.7 Å². The van der Waals surface area contributed by atoms with Gasteiger partial charge in [0, 0.05) is 0 Å². The Morgan fingerprint density at radius 1 is 1.32 bits per heavy atom. The van der Waals surface area contributed by atoms with Gasteiger partial charge in [-0.2, -0.15) is 0 Å². The molecule has 4 N–H and O–H groups in total. The van der Waals surface area contributed by atoms with Crippen LogP contribution in [0.25, 0.3) is 0 Å². The molecule has 1 aromatic rings. The Morgan fingerprint density at radius 3 is 2.47 bits per heavy atom. The standard InChI is InChI=1S/C12H14O7/c13-6-8-9(14)12(16,17)11(18-8)19-10(15)7-4-2-1-3-5-7/h1-5,8-9,11,13-14,16-17H,6H2/t8-,9-,11+/m1/s1. The summed E-state index contributed by atoms with van der Waals surface area (Å²) in [6.45, 7) is -0.635. The van der Waals surface area contributed by atoms with E-state index in [1.54, 1.807) is 18.2 Å². The van der Waals surface area contributed by atoms with Gasteiger partial charge in [0.15, 0.2) is 0 Å². The van der Waals surface area contributed by atoms with E-state index < -0.39 is 36.9 Å². The highest BCUT2D eigenvalue weighted by Crippen LogP contribution is 2.30. The molecule has 1 aliphatic rings. The van der Waals surface area contributed by atoms with Crippen molar-refractivity contribution in [2.24, 2.45) is 0 Å². The lowest BCUT2D eigenvalue weighted by Crippen LogP contribution is -2.49. The highest BCUT2D eigenvalue weighted by Gasteiger charge is 2.56. The van der Waals surface area contributed by atoms with Crippen molar-refractivity contribution in [3.8, 4) is 0 Å². The second-order valence-electron chi connectivity index (χ2n) is 4.19. The fourth-order valence-electron chi connectivity index (χ4n) is 1.74. The van der Waals surface area contributed by atoms with E-state index in [0.717, 1.165) is 0 Å². The minimum atomic E-state index is -2.77. The minimum Gasteiger partial charge on any atom is -0.426 e. The second-order valence-corrected chi connectivity index (χ2v) is 4.19. The first kappa shape index (κ1) is 13.9. The number of esters is 1. The molecule has 7 nitrogen and oxygen atoms in total. The molecule has 19 heavy (non-hydrogen) atoms. The molecule has 0 aromatic heterocycles. The van der Waals surface area contributed by atoms with E-state index in [9.17, 15) is 20.1 Å². The third-order valence-corrected chi connectivity index (χ3v) is 2.84. The van der Waals surface area contributed by atoms with Gasteiger partial charge in [-0.25, -0.2) is 4.79 Å². The number of aliphatic hydroxyl groups excluding tert-OH is 2. The molecule has 0 spiro atoms. The fourth-order valence-corrected chi connectivity index (χ4v) is 1.74. The fraction of sp³-hybridized carbons (Fsp3) is 0.417. The summed E-state index contributed by atoms with van der Waals surface area (Å²) in [4.78, 5) is 11.7. The molecule has 0 bridgehead atoms. The zero-order valence-electron chi connectivity index (χ0n) is 9.84. The molecule has 1 heterocycles. The number of hydrogen-bond acceptors (Lipinski definition) is 7. The average molecular weight is 270 g/mol. The predicted molar refractivity (Wildman–Crippen MR) is 60.8 cm³/mol. The van der Waals surface area contributed by atoms with Gasteiger partial charge in [-0.05, 0) is 12.1 Å². The normalized spacial score (nSPS) is 29.2. The molecule has 0 aliphatic carbocycles. The number of aliphatic hydroxyl groups is 4. The number of hydrogen-bond donors (Lipinski definition) is 4. The van der Waals surface area contributed by atoms with Crippen LogP contribution in [0.15, 0.2) is 30.3 Å². The second kappa shape index (κ2) is 5.24. The zero-order chi connectivity index (χ0) is 14.0. The summed E-state index contributed by atoms with van der Waals surface area (Å²) in [5, 5.41) is 37.6. The van der Waals surface area contributed by atoms with Crippen molar-refractivity contribution in [3.05, 3.63) is 35.9 Å². The smallest absolute Gasteiger partial charge is 0.340 e. The van der Waals surface area contributed by atoms with E-state index in [-0.39, 0.29) is 5.56 Å². The Morgan fingerprint density at radius 2 is 1.95 bits per heavy atom. The maximum atomic E-state index is 11.7. The van der Waals surface area contributed by atoms with Crippen molar-refractivity contribution >= 4 is 5.97 Å². The summed E-state index contributed by atoms with van der Waals surface area (Å²) < 4.78 is 9.67. The summed E-state index contributed by atoms with van der Waals surface area (Å²) in [5.74, 6) is -3.60. The van der Waals surface area contributed by atoms with Crippen LogP contribution in [0.4, 0.5) is 0 Å². The Labute approximate surface area is 108 Å². The first-order valence-electron chi connectivity index (χ1n) is 5.62. The SMILES string of the molecule is O=C(O[C@@H]1O[C@H](CO)[C@@H](O)C1(O)O)c1ccccc1. The molecule has 1 aromatic carbocycles. The van der Waals surface area contributed by atoms with E-state index in [4.69, 9.17) is 14.6 Å². The summed E-state index contributed by atoms with van der Waals surface area (Å²) in [6.07, 6.45) is -4.78. The van der Waals surface area contributed by atoms with Gasteiger partial charge in [-0.15, -0.1) is 0 Å². The highest BCUT2D eigenvalue weighted by molar-refractivity contribution is 5.89. The van der Waals surface area contributed by atoms with Gasteiger partial charge < -0.3 is 29.9 Å². The van der Waals surface area contributed by atoms with Crippen LogP contribution < -0.4 is 0 Å². The van der Waals surface area contributed by atoms with E-state index in [0.29, 0.717) is 0 Å². The lowest BCUT2D eigenvalue weighted by atomic mass is 10.1. The van der Waals surface area contributed by atoms with E-state index in [1.165, 1.54) is 12.1 Å². The number of carbonyl (C=O) groups excluding carboxylic acids is 1. The van der Waals surface area contributed by atoms with E-state index >= 15 is 0 Å². The number of rotatable bonds is 3. The van der Waals surface area contributed by atoms with Gasteiger partial charge in [0.05, 0.1) is 12.2 Å². The molecule has 2 rings (SSSR count). The molecule has 7 heteroatoms. The van der Waals surface area contributed by atoms with Gasteiger partial charge in [0.25, 0.3) is 12.1 Å². The summed E-state index contributed by atoms with van der Waals surface area (Å²) >= 11 is 0. The summed E-state index contributed by atoms with van der Waals surface area (Å²) in [5.41, 5.74) is 0.198. The molecule has 0 radical (unpaired) electrons. The van der Waals surface area contributed by atoms with Crippen LogP contribution in [-0.2, 0) is 9.47 Å². The highest BCUT2D eigenvalue weighted by atomic mass is 16.8. The molecule has 104 valence electrons. The molecule has 0 unspecified atom stereocenters. The largest absolute Gasteiger partial charge is 0.426 e. The lowest BCUT2D eigenvalue weighted by Gasteiger charge is -2.24. The number of ether oxygens (including phenoxy) is 2. The Hall–Kier alpha value is -1.51. The molecular weight excluding hydrogens is 256 g/mol. The predicted octanol–water partition coefficient (Wildman–Crippen LogP) is -1.40. The van der Waals surface area contributed by atoms with Gasteiger partial charge >= 0.3 is 5.97 Å². The molecule has 1 fully saturated rings. The zero-order valence-corrected chi connectivity index (χ0v) is 9.84. The van der Waals surface area contributed by atoms with Crippen LogP contribution in [0.5, 0.6) is 0 Å². The van der Waals surface area contributed by atoms with Crippen LogP contribution in [0.3, 0.4) is 0 Å². The maximum absolute atomic E-state index is 11.7. The van der Waals surface area contributed by atoms with Gasteiger partial charge in [-0.3, -0.25) is 0 Å². The first-order valence-corrected chi connectivity index (χ1v) is 5.62. The van der Waals surface area contributed by atoms with Crippen LogP contribution in [-0.4, -0.2) is 57.3 Å². The monoisotopic (exact) mass is 270 g/mol. The quantitative estimate of drug-likeness (QED) is 0.394. The minimum absolute atomic E-state index is 0.198. The van der Waals surface area contributed by atoms with Crippen LogP contribution in [0.1, 0.15) is 10.4 Å². The number of carbonyl (C=O) groups is 1. The van der Waals surface area contributed by atoms with Gasteiger partial charge in [0.2, 0.25) is 0 Å². The van der Waals surface area contributed by atoms with Crippen molar-refractivity contribution in [1.82, 2.24) is 0 Å². The maximum Gasteiger partial charge on any atom is 0.340 e. The molecule has 1 aliphatic heterocycles. The van der Waals surface area contributed by atoms with Crippen LogP contribution in [0, 0.1) is 0 Å². The Bertz CT molecular complexity index is 445. The third-order valence-electron chi connectivity index (χ3n) is 2.84. The molecule has 0 amide bonds. The van der Waals surface area contributed by atoms with Crippen LogP contribution >= 0.6 is 0 Å². The first-order chi connectivity index (χ1) is 8.96. The molecule has 0 saturated carbocycles. The van der Waals surface area contributed by atoms with Crippen molar-refractivity contribution in [1.29, 1.82) is 0 Å². The van der Waals surface area contributed by atoms with Crippen LogP contribution in [0.2, 0.25) is 0 Å². The summed E-state index contributed by atoms with van der Waals surface area (Å²) in [6, 6.07) is 7.89. The molecular formula is C12H14O7. The Balaban J connectivity index is 2.09. The Kier molecular flexibility index (Phi) is 3.83.